The van der Waals surface area contributed by atoms with Crippen LogP contribution in [0.5, 0.6) is 5.75 Å². The molecule has 0 saturated carbocycles. The maximum absolute atomic E-state index is 11.9. The van der Waals surface area contributed by atoms with Gasteiger partial charge in [-0.1, -0.05) is 24.3 Å². The Kier molecular flexibility index (Phi) is 7.59. The van der Waals surface area contributed by atoms with Crippen molar-refractivity contribution in [2.45, 2.75) is 26.8 Å². The highest BCUT2D eigenvalue weighted by Crippen LogP contribution is 2.19. The van der Waals surface area contributed by atoms with Gasteiger partial charge in [-0.25, -0.2) is 0 Å². The first-order chi connectivity index (χ1) is 10.6. The van der Waals surface area contributed by atoms with Gasteiger partial charge in [0.1, 0.15) is 5.75 Å². The Morgan fingerprint density at radius 1 is 1.13 bits per heavy atom. The van der Waals surface area contributed by atoms with E-state index in [1.807, 2.05) is 56.3 Å². The smallest absolute Gasteiger partial charge is 0.227 e. The maximum atomic E-state index is 11.9. The Balaban J connectivity index is 0.00000264. The minimum absolute atomic E-state index is 0. The van der Waals surface area contributed by atoms with Crippen LogP contribution in [0.3, 0.4) is 0 Å². The largest absolute Gasteiger partial charge is 0.493 e. The number of ether oxygens (including phenoxy) is 1. The summed E-state index contributed by atoms with van der Waals surface area (Å²) in [4.78, 5) is 11.9. The van der Waals surface area contributed by atoms with Gasteiger partial charge in [0.05, 0.1) is 13.0 Å². The van der Waals surface area contributed by atoms with Crippen molar-refractivity contribution in [2.75, 3.05) is 11.9 Å². The number of hydrogen-bond donors (Lipinski definition) is 2. The Labute approximate surface area is 143 Å². The molecule has 0 aliphatic carbocycles. The highest BCUT2D eigenvalue weighted by atomic mass is 35.5. The second kappa shape index (κ2) is 9.18. The fraction of sp³-hybridized carbons (Fsp3) is 0.278. The van der Waals surface area contributed by atoms with Gasteiger partial charge in [-0.15, -0.1) is 12.4 Å². The molecule has 0 radical (unpaired) electrons. The van der Waals surface area contributed by atoms with Crippen LogP contribution in [0.2, 0.25) is 0 Å². The topological polar surface area (TPSA) is 64.3 Å². The molecule has 2 aromatic rings. The molecule has 0 atom stereocenters. The second-order valence-electron chi connectivity index (χ2n) is 5.32. The summed E-state index contributed by atoms with van der Waals surface area (Å²) in [7, 11) is 0. The van der Waals surface area contributed by atoms with E-state index in [1.165, 1.54) is 0 Å². The van der Waals surface area contributed by atoms with Crippen molar-refractivity contribution in [1.82, 2.24) is 0 Å². The fourth-order valence-corrected chi connectivity index (χ4v) is 2.06. The summed E-state index contributed by atoms with van der Waals surface area (Å²) in [5, 5.41) is 2.85. The zero-order chi connectivity index (χ0) is 15.9. The van der Waals surface area contributed by atoms with Gasteiger partial charge in [-0.2, -0.15) is 0 Å². The van der Waals surface area contributed by atoms with Crippen molar-refractivity contribution in [3.8, 4) is 5.75 Å². The molecule has 5 heteroatoms. The molecule has 1 amide bonds. The third-order valence-corrected chi connectivity index (χ3v) is 3.40. The van der Waals surface area contributed by atoms with Gasteiger partial charge in [-0.3, -0.25) is 4.79 Å². The van der Waals surface area contributed by atoms with Crippen LogP contribution in [0.25, 0.3) is 0 Å². The number of benzene rings is 2. The number of carbonyl (C=O) groups is 1. The molecule has 0 saturated heterocycles. The van der Waals surface area contributed by atoms with Crippen molar-refractivity contribution in [3.63, 3.8) is 0 Å². The molecular formula is C18H23ClN2O2. The molecule has 0 heterocycles. The van der Waals surface area contributed by atoms with Crippen molar-refractivity contribution in [3.05, 3.63) is 59.2 Å². The summed E-state index contributed by atoms with van der Waals surface area (Å²) in [5.74, 6) is 0.769. The van der Waals surface area contributed by atoms with Gasteiger partial charge < -0.3 is 15.8 Å². The van der Waals surface area contributed by atoms with E-state index in [0.717, 1.165) is 28.1 Å². The van der Waals surface area contributed by atoms with Crippen LogP contribution in [-0.2, 0) is 11.3 Å². The van der Waals surface area contributed by atoms with Crippen molar-refractivity contribution >= 4 is 24.0 Å². The van der Waals surface area contributed by atoms with E-state index in [0.29, 0.717) is 19.6 Å². The van der Waals surface area contributed by atoms with Crippen LogP contribution in [0.4, 0.5) is 5.69 Å². The first-order valence-corrected chi connectivity index (χ1v) is 7.37. The van der Waals surface area contributed by atoms with E-state index in [9.17, 15) is 4.79 Å². The third kappa shape index (κ3) is 5.93. The van der Waals surface area contributed by atoms with E-state index >= 15 is 0 Å². The minimum Gasteiger partial charge on any atom is -0.493 e. The number of halogens is 1. The van der Waals surface area contributed by atoms with Crippen LogP contribution in [0, 0.1) is 13.8 Å². The first kappa shape index (κ1) is 19.0. The van der Waals surface area contributed by atoms with E-state index < -0.39 is 0 Å². The maximum Gasteiger partial charge on any atom is 0.227 e. The number of nitrogens with two attached hydrogens (primary N) is 1. The summed E-state index contributed by atoms with van der Waals surface area (Å²) < 4.78 is 5.69. The number of amides is 1. The van der Waals surface area contributed by atoms with E-state index in [-0.39, 0.29) is 18.3 Å². The molecule has 0 aliphatic heterocycles. The predicted octanol–water partition coefficient (Wildman–Crippen LogP) is 3.59. The summed E-state index contributed by atoms with van der Waals surface area (Å²) in [6, 6.07) is 13.6. The zero-order valence-corrected chi connectivity index (χ0v) is 14.3. The number of rotatable bonds is 6. The lowest BCUT2D eigenvalue weighted by Crippen LogP contribution is -2.15. The van der Waals surface area contributed by atoms with Crippen molar-refractivity contribution in [2.24, 2.45) is 5.73 Å². The lowest BCUT2D eigenvalue weighted by molar-refractivity contribution is -0.116. The summed E-state index contributed by atoms with van der Waals surface area (Å²) in [6.07, 6.45) is 0.312. The molecule has 0 aliphatic rings. The van der Waals surface area contributed by atoms with Crippen LogP contribution in [0.15, 0.2) is 42.5 Å². The lowest BCUT2D eigenvalue weighted by atomic mass is 10.1. The molecule has 0 fully saturated rings. The van der Waals surface area contributed by atoms with Gasteiger partial charge >= 0.3 is 0 Å². The quantitative estimate of drug-likeness (QED) is 0.848. The predicted molar refractivity (Wildman–Crippen MR) is 96.2 cm³/mol. The molecule has 0 unspecified atom stereocenters. The van der Waals surface area contributed by atoms with Gasteiger partial charge in [0.2, 0.25) is 5.91 Å². The molecular weight excluding hydrogens is 312 g/mol. The van der Waals surface area contributed by atoms with Crippen LogP contribution >= 0.6 is 12.4 Å². The molecule has 0 spiro atoms. The highest BCUT2D eigenvalue weighted by molar-refractivity contribution is 5.90. The molecule has 4 nitrogen and oxygen atoms in total. The number of aryl methyl sites for hydroxylation is 2. The summed E-state index contributed by atoms with van der Waals surface area (Å²) >= 11 is 0. The zero-order valence-electron chi connectivity index (χ0n) is 13.5. The van der Waals surface area contributed by atoms with E-state index in [4.69, 9.17) is 10.5 Å². The third-order valence-electron chi connectivity index (χ3n) is 3.40. The average Bonchev–Trinajstić information content (AvgIpc) is 2.51. The Bertz CT molecular complexity index is 642. The molecule has 124 valence electrons. The second-order valence-corrected chi connectivity index (χ2v) is 5.32. The van der Waals surface area contributed by atoms with Gasteiger partial charge in [0.25, 0.3) is 0 Å². The first-order valence-electron chi connectivity index (χ1n) is 7.37. The van der Waals surface area contributed by atoms with Crippen LogP contribution in [0.1, 0.15) is 23.1 Å². The van der Waals surface area contributed by atoms with E-state index in [1.54, 1.807) is 0 Å². The number of nitrogens with one attached hydrogen (secondary N) is 1. The molecule has 0 bridgehead atoms. The molecule has 3 N–H and O–H groups in total. The SMILES string of the molecule is Cc1ccc(C)c(OCCC(=O)Nc2ccc(CN)cc2)c1.Cl. The van der Waals surface area contributed by atoms with Crippen LogP contribution < -0.4 is 15.8 Å². The summed E-state index contributed by atoms with van der Waals surface area (Å²) in [5.41, 5.74) is 9.57. The Hall–Kier alpha value is -2.04. The standard InChI is InChI=1S/C18H22N2O2.ClH/c1-13-3-4-14(2)17(11-13)22-10-9-18(21)20-16-7-5-15(12-19)6-8-16;/h3-8,11H,9-10,12,19H2,1-2H3,(H,20,21);1H. The molecule has 0 aromatic heterocycles. The van der Waals surface area contributed by atoms with Gasteiger partial charge in [0.15, 0.2) is 0 Å². The number of anilines is 1. The lowest BCUT2D eigenvalue weighted by Gasteiger charge is -2.10. The minimum atomic E-state index is -0.0641. The normalized spacial score (nSPS) is 9.87. The Morgan fingerprint density at radius 2 is 1.83 bits per heavy atom. The fourth-order valence-electron chi connectivity index (χ4n) is 2.06. The molecule has 23 heavy (non-hydrogen) atoms. The number of carbonyl (C=O) groups excluding carboxylic acids is 1. The average molecular weight is 335 g/mol. The molecule has 2 rings (SSSR count). The van der Waals surface area contributed by atoms with E-state index in [2.05, 4.69) is 5.32 Å². The highest BCUT2D eigenvalue weighted by Gasteiger charge is 2.05. The van der Waals surface area contributed by atoms with Crippen molar-refractivity contribution < 1.29 is 9.53 Å². The van der Waals surface area contributed by atoms with Crippen molar-refractivity contribution in [1.29, 1.82) is 0 Å². The monoisotopic (exact) mass is 334 g/mol. The van der Waals surface area contributed by atoms with Gasteiger partial charge in [-0.05, 0) is 48.7 Å². The molecule has 2 aromatic carbocycles. The van der Waals surface area contributed by atoms with Gasteiger partial charge in [0, 0.05) is 12.2 Å². The Morgan fingerprint density at radius 3 is 2.48 bits per heavy atom. The summed E-state index contributed by atoms with van der Waals surface area (Å²) in [6.45, 7) is 4.87. The number of hydrogen-bond acceptors (Lipinski definition) is 3. The van der Waals surface area contributed by atoms with Crippen LogP contribution in [-0.4, -0.2) is 12.5 Å².